The van der Waals surface area contributed by atoms with Crippen molar-refractivity contribution in [2.75, 3.05) is 0 Å². The number of aromatic amines is 1. The zero-order valence-corrected chi connectivity index (χ0v) is 49.7. The van der Waals surface area contributed by atoms with Gasteiger partial charge < -0.3 is 14.3 Å². The van der Waals surface area contributed by atoms with Crippen molar-refractivity contribution < 1.29 is 14.4 Å². The molecular weight excluding hydrogens is 905 g/mol. The lowest BCUT2D eigenvalue weighted by atomic mass is 9.81. The van der Waals surface area contributed by atoms with Gasteiger partial charge in [0.25, 0.3) is 0 Å². The first-order chi connectivity index (χ1) is 35.5. The minimum absolute atomic E-state index is 0.0556. The van der Waals surface area contributed by atoms with Gasteiger partial charge in [-0.05, 0) is 132 Å². The van der Waals surface area contributed by atoms with Crippen LogP contribution in [0.5, 0.6) is 0 Å². The summed E-state index contributed by atoms with van der Waals surface area (Å²) >= 11 is 0. The summed E-state index contributed by atoms with van der Waals surface area (Å²) in [6.45, 7) is 39.3. The molecule has 408 valence electrons. The van der Waals surface area contributed by atoms with Gasteiger partial charge in [0, 0.05) is 50.6 Å². The molecule has 2 saturated carbocycles. The van der Waals surface area contributed by atoms with Gasteiger partial charge in [-0.1, -0.05) is 218 Å². The van der Waals surface area contributed by atoms with Crippen LogP contribution >= 0.6 is 0 Å². The zero-order valence-electron chi connectivity index (χ0n) is 49.7. The molecule has 5 aromatic rings. The fourth-order valence-corrected chi connectivity index (χ4v) is 9.94. The summed E-state index contributed by atoms with van der Waals surface area (Å²) in [4.78, 5) is 36.8. The molecule has 0 amide bonds. The lowest BCUT2D eigenvalue weighted by molar-refractivity contribution is -0.115. The second kappa shape index (κ2) is 37.4. The van der Waals surface area contributed by atoms with Crippen LogP contribution in [-0.4, -0.2) is 27.4 Å². The number of hydrogen-bond acceptors (Lipinski definition) is 3. The van der Waals surface area contributed by atoms with Gasteiger partial charge in [-0.15, -0.1) is 6.58 Å². The number of unbranched alkanes of at least 4 members (excludes halogenated alkanes) is 1. The topological polar surface area (TPSA) is 71.9 Å². The van der Waals surface area contributed by atoms with E-state index in [-0.39, 0.29) is 17.0 Å². The average molecular weight is 1010 g/mol. The van der Waals surface area contributed by atoms with E-state index in [0.717, 1.165) is 60.4 Å². The summed E-state index contributed by atoms with van der Waals surface area (Å²) in [5, 5.41) is 2.60. The van der Waals surface area contributed by atoms with Gasteiger partial charge >= 0.3 is 0 Å². The number of aromatic nitrogens is 2. The number of nitrogens with zero attached hydrogens (tertiary/aromatic N) is 1. The summed E-state index contributed by atoms with van der Waals surface area (Å²) in [5.41, 5.74) is 13.2. The first-order valence-electron chi connectivity index (χ1n) is 28.9. The van der Waals surface area contributed by atoms with E-state index in [4.69, 9.17) is 0 Å². The standard InChI is InChI=1S/C34H40N2O.C10H10O.C10H22.C7H12O.C3H8.C3H6.C2H6/c1-7-17-36-32-19-26(24(6)37)13-14-28(32)33(25-11-9-8-10-12-25)34(36)27-15-16-30-29(23(27)5)20-31(35-30)22(4)18-21(2)3;1-9(11)7-8-10-5-3-2-4-6-10;1-4-7-9-10(6-3)8-5-2;1-7(6-8)4-2-3-5-7;2*1-3-2;1-2/h13-16,18-20,25,35H,2,7-12,17H2,1,3-6H3;2-8H,1H3;10H,4-9H2,1-3H3;6H,2-5H2,1H3;3H2,1-2H3;3H,1H2,2H3;1-2H3/b22-18+;8-7+;;;;;. The van der Waals surface area contributed by atoms with Gasteiger partial charge in [-0.2, -0.15) is 0 Å². The molecule has 2 aromatic heterocycles. The maximum absolute atomic E-state index is 12.3. The number of hydrogen-bond donors (Lipinski definition) is 1. The van der Waals surface area contributed by atoms with Crippen LogP contribution in [0.25, 0.3) is 44.7 Å². The second-order valence-electron chi connectivity index (χ2n) is 20.7. The lowest BCUT2D eigenvalue weighted by Crippen LogP contribution is -2.11. The van der Waals surface area contributed by atoms with Crippen molar-refractivity contribution in [2.45, 2.75) is 225 Å². The summed E-state index contributed by atoms with van der Waals surface area (Å²) < 4.78 is 2.51. The molecule has 74 heavy (non-hydrogen) atoms. The number of carbonyl (C=O) groups is 3. The van der Waals surface area contributed by atoms with Crippen molar-refractivity contribution in [1.29, 1.82) is 0 Å². The minimum Gasteiger partial charge on any atom is -0.355 e. The number of ketones is 2. The minimum atomic E-state index is 0.0556. The Hall–Kier alpha value is -5.29. The van der Waals surface area contributed by atoms with Gasteiger partial charge in [0.1, 0.15) is 6.29 Å². The number of aldehydes is 1. The molecule has 1 N–H and O–H groups in total. The third-order valence-electron chi connectivity index (χ3n) is 13.8. The number of fused-ring (bicyclic) bond motifs is 2. The second-order valence-corrected chi connectivity index (χ2v) is 20.7. The fraction of sp³-hybridized carbons (Fsp3) is 0.522. The molecule has 5 heteroatoms. The highest BCUT2D eigenvalue weighted by atomic mass is 16.1. The number of Topliss-reactive ketones (excluding diaryl/α,β-unsaturated/α-hetero) is 1. The van der Waals surface area contributed by atoms with Gasteiger partial charge in [0.05, 0.1) is 5.69 Å². The Labute approximate surface area is 452 Å². The first-order valence-corrected chi connectivity index (χ1v) is 28.9. The van der Waals surface area contributed by atoms with Crippen molar-refractivity contribution in [3.63, 3.8) is 0 Å². The maximum atomic E-state index is 12.3. The molecule has 7 rings (SSSR count). The van der Waals surface area contributed by atoms with Gasteiger partial charge in [-0.25, -0.2) is 0 Å². The summed E-state index contributed by atoms with van der Waals surface area (Å²) in [5.74, 6) is 1.78. The lowest BCUT2D eigenvalue weighted by Gasteiger charge is -2.24. The van der Waals surface area contributed by atoms with Crippen LogP contribution < -0.4 is 0 Å². The van der Waals surface area contributed by atoms with E-state index < -0.39 is 0 Å². The number of aryl methyl sites for hydroxylation is 2. The van der Waals surface area contributed by atoms with Crippen LogP contribution in [-0.2, 0) is 16.1 Å². The summed E-state index contributed by atoms with van der Waals surface area (Å²) in [6.07, 6.45) is 30.2. The highest BCUT2D eigenvalue weighted by Crippen LogP contribution is 2.46. The Morgan fingerprint density at radius 2 is 1.43 bits per heavy atom. The highest BCUT2D eigenvalue weighted by Gasteiger charge is 2.29. The molecular formula is C69H104N2O3. The molecule has 2 heterocycles. The van der Waals surface area contributed by atoms with E-state index in [9.17, 15) is 14.4 Å². The van der Waals surface area contributed by atoms with E-state index in [1.165, 1.54) is 140 Å². The Morgan fingerprint density at radius 1 is 0.811 bits per heavy atom. The Balaban J connectivity index is 0.000000597. The first kappa shape index (κ1) is 66.7. The van der Waals surface area contributed by atoms with Crippen molar-refractivity contribution >= 4 is 51.3 Å². The predicted molar refractivity (Wildman–Crippen MR) is 329 cm³/mol. The Morgan fingerprint density at radius 3 is 1.93 bits per heavy atom. The number of allylic oxidation sites excluding steroid dienone is 5. The van der Waals surface area contributed by atoms with E-state index in [1.807, 2.05) is 77.1 Å². The van der Waals surface area contributed by atoms with Crippen LogP contribution in [0.3, 0.4) is 0 Å². The third kappa shape index (κ3) is 22.3. The molecule has 0 saturated heterocycles. The number of nitrogens with one attached hydrogen (secondary N) is 1. The fourth-order valence-electron chi connectivity index (χ4n) is 9.94. The quantitative estimate of drug-likeness (QED) is 0.0352. The van der Waals surface area contributed by atoms with Crippen LogP contribution in [0.2, 0.25) is 0 Å². The monoisotopic (exact) mass is 1010 g/mol. The van der Waals surface area contributed by atoms with Gasteiger partial charge in [0.2, 0.25) is 0 Å². The van der Waals surface area contributed by atoms with Crippen LogP contribution in [0.4, 0.5) is 0 Å². The van der Waals surface area contributed by atoms with E-state index in [0.29, 0.717) is 5.92 Å². The molecule has 1 atom stereocenters. The SMILES string of the molecule is C=C(C)/C=C(\C)c1cc2c(C)c(-c3c(C4CCCCC4)c4ccc(C(C)=O)cc4n3CCC)ccc2[nH]1.C=CC.CC.CC(=O)/C=C/c1ccccc1.CC1(C=O)CCCC1.CCC.CCCCC(CC)CCC. The van der Waals surface area contributed by atoms with Crippen LogP contribution in [0.15, 0.2) is 104 Å². The molecule has 0 radical (unpaired) electrons. The zero-order chi connectivity index (χ0) is 55.6. The van der Waals surface area contributed by atoms with Crippen molar-refractivity contribution in [1.82, 2.24) is 9.55 Å². The third-order valence-corrected chi connectivity index (χ3v) is 13.8. The molecule has 5 nitrogen and oxygen atoms in total. The highest BCUT2D eigenvalue weighted by molar-refractivity contribution is 6.02. The van der Waals surface area contributed by atoms with E-state index in [2.05, 4.69) is 115 Å². The summed E-state index contributed by atoms with van der Waals surface area (Å²) in [7, 11) is 0. The Kier molecular flexibility index (Phi) is 33.8. The van der Waals surface area contributed by atoms with Crippen LogP contribution in [0.1, 0.15) is 245 Å². The number of H-pyrrole nitrogens is 1. The molecule has 0 aliphatic heterocycles. The van der Waals surface area contributed by atoms with Crippen molar-refractivity contribution in [3.05, 3.63) is 132 Å². The van der Waals surface area contributed by atoms with Gasteiger partial charge in [0.15, 0.2) is 11.6 Å². The van der Waals surface area contributed by atoms with Gasteiger partial charge in [-0.3, -0.25) is 9.59 Å². The maximum Gasteiger partial charge on any atom is 0.159 e. The normalized spacial score (nSPS) is 14.2. The molecule has 1 unspecified atom stereocenters. The smallest absolute Gasteiger partial charge is 0.159 e. The van der Waals surface area contributed by atoms with E-state index in [1.54, 1.807) is 26.0 Å². The molecule has 2 aliphatic rings. The largest absolute Gasteiger partial charge is 0.355 e. The van der Waals surface area contributed by atoms with E-state index >= 15 is 0 Å². The molecule has 3 aromatic carbocycles. The predicted octanol–water partition coefficient (Wildman–Crippen LogP) is 21.4. The molecule has 2 aliphatic carbocycles. The van der Waals surface area contributed by atoms with Crippen LogP contribution in [0, 0.1) is 18.3 Å². The molecule has 0 bridgehead atoms. The number of rotatable bonds is 16. The molecule has 0 spiro atoms. The number of benzene rings is 3. The van der Waals surface area contributed by atoms with Crippen molar-refractivity contribution in [3.8, 4) is 11.3 Å². The molecule has 2 fully saturated rings. The van der Waals surface area contributed by atoms with Crippen molar-refractivity contribution in [2.24, 2.45) is 11.3 Å². The summed E-state index contributed by atoms with van der Waals surface area (Å²) in [6, 6.07) is 23.0. The number of carbonyl (C=O) groups excluding carboxylic acids is 3. The Bertz CT molecular complexity index is 2460. The average Bonchev–Trinajstić information content (AvgIpc) is 4.13.